The maximum absolute atomic E-state index is 11.3. The van der Waals surface area contributed by atoms with Crippen LogP contribution >= 0.6 is 0 Å². The van der Waals surface area contributed by atoms with Crippen molar-refractivity contribution in [3.63, 3.8) is 0 Å². The second kappa shape index (κ2) is 5.40. The average molecular weight is 240 g/mol. The van der Waals surface area contributed by atoms with Gasteiger partial charge in [0.15, 0.2) is 5.25 Å². The molecule has 0 aromatic rings. The lowest BCUT2D eigenvalue weighted by Crippen LogP contribution is -2.46. The molecule has 15 heavy (non-hydrogen) atoms. The molecule has 8 heteroatoms. The Bertz CT molecular complexity index is 313. The topological polar surface area (TPSA) is 130 Å². The van der Waals surface area contributed by atoms with Crippen LogP contribution in [0.4, 0.5) is 0 Å². The predicted molar refractivity (Wildman–Crippen MR) is 53.7 cm³/mol. The van der Waals surface area contributed by atoms with Gasteiger partial charge in [-0.2, -0.15) is 0 Å². The van der Waals surface area contributed by atoms with Crippen molar-refractivity contribution in [3.8, 4) is 0 Å². The summed E-state index contributed by atoms with van der Waals surface area (Å²) in [4.78, 5) is 10.4. The van der Waals surface area contributed by atoms with Crippen LogP contribution in [0.2, 0.25) is 0 Å². The number of hydrogen-bond donors (Lipinski definition) is 4. The standard InChI is InChI=1S/C7H16N2O5S/c1-4(10)6(8)3-9-15(13,14)5(2)7(11)12/h4-6,9-10H,3,8H2,1-2H3,(H,11,12). The van der Waals surface area contributed by atoms with E-state index >= 15 is 0 Å². The highest BCUT2D eigenvalue weighted by Crippen LogP contribution is 1.98. The minimum absolute atomic E-state index is 0.197. The molecule has 0 spiro atoms. The Kier molecular flexibility index (Phi) is 5.15. The van der Waals surface area contributed by atoms with Crippen LogP contribution < -0.4 is 10.5 Å². The van der Waals surface area contributed by atoms with Crippen LogP contribution in [0, 0.1) is 0 Å². The zero-order chi connectivity index (χ0) is 12.2. The van der Waals surface area contributed by atoms with Gasteiger partial charge in [-0.25, -0.2) is 13.1 Å². The lowest BCUT2D eigenvalue weighted by atomic mass is 10.2. The number of nitrogens with one attached hydrogen (secondary N) is 1. The molecule has 3 unspecified atom stereocenters. The van der Waals surface area contributed by atoms with Crippen LogP contribution in [0.5, 0.6) is 0 Å². The van der Waals surface area contributed by atoms with Crippen molar-refractivity contribution in [1.29, 1.82) is 0 Å². The highest BCUT2D eigenvalue weighted by molar-refractivity contribution is 7.90. The van der Waals surface area contributed by atoms with Gasteiger partial charge in [-0.15, -0.1) is 0 Å². The van der Waals surface area contributed by atoms with Gasteiger partial charge in [0.1, 0.15) is 0 Å². The summed E-state index contributed by atoms with van der Waals surface area (Å²) < 4.78 is 24.6. The number of sulfonamides is 1. The number of aliphatic hydroxyl groups excluding tert-OH is 1. The predicted octanol–water partition coefficient (Wildman–Crippen LogP) is -1.91. The Morgan fingerprint density at radius 1 is 1.47 bits per heavy atom. The summed E-state index contributed by atoms with van der Waals surface area (Å²) in [5.74, 6) is -1.44. The number of aliphatic hydroxyl groups is 1. The van der Waals surface area contributed by atoms with Crippen LogP contribution in [0.25, 0.3) is 0 Å². The zero-order valence-electron chi connectivity index (χ0n) is 8.54. The minimum Gasteiger partial charge on any atom is -0.480 e. The van der Waals surface area contributed by atoms with E-state index in [2.05, 4.69) is 0 Å². The summed E-state index contributed by atoms with van der Waals surface area (Å²) in [7, 11) is -3.93. The van der Waals surface area contributed by atoms with Crippen molar-refractivity contribution >= 4 is 16.0 Å². The molecular weight excluding hydrogens is 224 g/mol. The largest absolute Gasteiger partial charge is 0.480 e. The molecule has 5 N–H and O–H groups in total. The second-order valence-corrected chi connectivity index (χ2v) is 5.36. The Morgan fingerprint density at radius 2 is 1.93 bits per heavy atom. The Balaban J connectivity index is 4.35. The molecule has 0 saturated heterocycles. The number of rotatable bonds is 6. The number of aliphatic carboxylic acids is 1. The van der Waals surface area contributed by atoms with E-state index in [4.69, 9.17) is 15.9 Å². The monoisotopic (exact) mass is 240 g/mol. The van der Waals surface area contributed by atoms with Gasteiger partial charge in [0, 0.05) is 12.6 Å². The molecule has 0 aromatic heterocycles. The first-order valence-corrected chi connectivity index (χ1v) is 5.88. The number of carboxylic acid groups (broad SMARTS) is 1. The molecule has 0 rings (SSSR count). The van der Waals surface area contributed by atoms with E-state index in [0.29, 0.717) is 0 Å². The maximum atomic E-state index is 11.3. The molecule has 0 amide bonds. The van der Waals surface area contributed by atoms with E-state index in [-0.39, 0.29) is 6.54 Å². The van der Waals surface area contributed by atoms with E-state index < -0.39 is 33.4 Å². The lowest BCUT2D eigenvalue weighted by Gasteiger charge is -2.16. The molecule has 0 aliphatic heterocycles. The van der Waals surface area contributed by atoms with Gasteiger partial charge in [-0.05, 0) is 13.8 Å². The molecule has 0 bridgehead atoms. The Labute approximate surface area is 88.3 Å². The third-order valence-corrected chi connectivity index (χ3v) is 3.65. The van der Waals surface area contributed by atoms with Crippen LogP contribution in [0.3, 0.4) is 0 Å². The Hall–Kier alpha value is -0.700. The molecule has 0 heterocycles. The molecule has 0 fully saturated rings. The molecule has 0 radical (unpaired) electrons. The van der Waals surface area contributed by atoms with Gasteiger partial charge in [0.2, 0.25) is 10.0 Å². The second-order valence-electron chi connectivity index (χ2n) is 3.28. The van der Waals surface area contributed by atoms with Crippen molar-refractivity contribution in [2.75, 3.05) is 6.54 Å². The van der Waals surface area contributed by atoms with Crippen molar-refractivity contribution in [3.05, 3.63) is 0 Å². The van der Waals surface area contributed by atoms with Crippen LogP contribution in [0.15, 0.2) is 0 Å². The average Bonchev–Trinajstić information content (AvgIpc) is 2.12. The molecular formula is C7H16N2O5S. The molecule has 7 nitrogen and oxygen atoms in total. The summed E-state index contributed by atoms with van der Waals surface area (Å²) in [5.41, 5.74) is 5.38. The third-order valence-electron chi connectivity index (χ3n) is 1.95. The van der Waals surface area contributed by atoms with E-state index in [0.717, 1.165) is 6.92 Å². The van der Waals surface area contributed by atoms with Gasteiger partial charge >= 0.3 is 5.97 Å². The van der Waals surface area contributed by atoms with Crippen molar-refractivity contribution in [1.82, 2.24) is 4.72 Å². The minimum atomic E-state index is -3.93. The van der Waals surface area contributed by atoms with Crippen molar-refractivity contribution < 1.29 is 23.4 Å². The Morgan fingerprint density at radius 3 is 2.27 bits per heavy atom. The van der Waals surface area contributed by atoms with Crippen LogP contribution in [0.1, 0.15) is 13.8 Å². The van der Waals surface area contributed by atoms with E-state index in [1.54, 1.807) is 0 Å². The van der Waals surface area contributed by atoms with E-state index in [1.807, 2.05) is 4.72 Å². The summed E-state index contributed by atoms with van der Waals surface area (Å²) in [5, 5.41) is 15.9. The van der Waals surface area contributed by atoms with Gasteiger partial charge in [-0.1, -0.05) is 0 Å². The molecule has 0 aliphatic carbocycles. The smallest absolute Gasteiger partial charge is 0.323 e. The molecule has 0 aliphatic rings. The third kappa shape index (κ3) is 4.56. The fourth-order valence-corrected chi connectivity index (χ4v) is 1.58. The first-order chi connectivity index (χ1) is 6.68. The summed E-state index contributed by atoms with van der Waals surface area (Å²) in [6.07, 6.45) is -0.868. The van der Waals surface area contributed by atoms with E-state index in [9.17, 15) is 13.2 Å². The molecule has 3 atom stereocenters. The van der Waals surface area contributed by atoms with Crippen molar-refractivity contribution in [2.45, 2.75) is 31.2 Å². The quantitative estimate of drug-likeness (QED) is 0.428. The van der Waals surface area contributed by atoms with Crippen LogP contribution in [-0.4, -0.2) is 48.5 Å². The summed E-state index contributed by atoms with van der Waals surface area (Å²) in [6.45, 7) is 2.27. The number of nitrogens with two attached hydrogens (primary N) is 1. The lowest BCUT2D eigenvalue weighted by molar-refractivity contribution is -0.136. The summed E-state index contributed by atoms with van der Waals surface area (Å²) in [6, 6.07) is -0.763. The summed E-state index contributed by atoms with van der Waals surface area (Å²) >= 11 is 0. The first kappa shape index (κ1) is 14.3. The highest BCUT2D eigenvalue weighted by atomic mass is 32.2. The maximum Gasteiger partial charge on any atom is 0.323 e. The number of carbonyl (C=O) groups is 1. The fraction of sp³-hybridized carbons (Fsp3) is 0.857. The molecule has 0 aromatic carbocycles. The van der Waals surface area contributed by atoms with Crippen LogP contribution in [-0.2, 0) is 14.8 Å². The highest BCUT2D eigenvalue weighted by Gasteiger charge is 2.27. The number of carboxylic acids is 1. The molecule has 0 saturated carbocycles. The van der Waals surface area contributed by atoms with Gasteiger partial charge < -0.3 is 15.9 Å². The number of hydrogen-bond acceptors (Lipinski definition) is 5. The molecule has 90 valence electrons. The zero-order valence-corrected chi connectivity index (χ0v) is 9.36. The first-order valence-electron chi connectivity index (χ1n) is 4.33. The van der Waals surface area contributed by atoms with Gasteiger partial charge in [0.05, 0.1) is 6.10 Å². The normalized spacial score (nSPS) is 18.1. The fourth-order valence-electron chi connectivity index (χ4n) is 0.641. The van der Waals surface area contributed by atoms with Crippen molar-refractivity contribution in [2.24, 2.45) is 5.73 Å². The van der Waals surface area contributed by atoms with E-state index in [1.165, 1.54) is 6.92 Å². The van der Waals surface area contributed by atoms with Gasteiger partial charge in [-0.3, -0.25) is 4.79 Å². The SMILES string of the molecule is CC(O)C(N)CNS(=O)(=O)C(C)C(=O)O. The van der Waals surface area contributed by atoms with Gasteiger partial charge in [0.25, 0.3) is 0 Å².